The fourth-order valence-electron chi connectivity index (χ4n) is 2.16. The van der Waals surface area contributed by atoms with Crippen LogP contribution in [0.15, 0.2) is 18.2 Å². The van der Waals surface area contributed by atoms with Gasteiger partial charge in [0.05, 0.1) is 14.2 Å². The van der Waals surface area contributed by atoms with Gasteiger partial charge in [0.15, 0.2) is 18.1 Å². The summed E-state index contributed by atoms with van der Waals surface area (Å²) in [6, 6.07) is 5.29. The second-order valence-electron chi connectivity index (χ2n) is 5.16. The van der Waals surface area contributed by atoms with E-state index >= 15 is 0 Å². The Bertz CT molecular complexity index is 652. The molecule has 0 saturated carbocycles. The summed E-state index contributed by atoms with van der Waals surface area (Å²) in [7, 11) is 3.07. The molecule has 1 aliphatic rings. The number of esters is 1. The zero-order valence-corrected chi connectivity index (χ0v) is 14.9. The highest BCUT2D eigenvalue weighted by Crippen LogP contribution is 2.27. The van der Waals surface area contributed by atoms with Gasteiger partial charge in [0.25, 0.3) is 11.1 Å². The van der Waals surface area contributed by atoms with Crippen LogP contribution in [0.4, 0.5) is 4.79 Å². The Morgan fingerprint density at radius 3 is 2.64 bits per heavy atom. The Balaban J connectivity index is 1.73. The highest BCUT2D eigenvalue weighted by molar-refractivity contribution is 8.13. The SMILES string of the molecule is COc1ccc(CNC(=O)COC(=O)CN2CCSC2=O)cc1OC. The molecule has 0 unspecified atom stereocenters. The Morgan fingerprint density at radius 1 is 1.24 bits per heavy atom. The Morgan fingerprint density at radius 2 is 2.00 bits per heavy atom. The molecule has 0 radical (unpaired) electrons. The van der Waals surface area contributed by atoms with Gasteiger partial charge in [-0.25, -0.2) is 0 Å². The summed E-state index contributed by atoms with van der Waals surface area (Å²) in [4.78, 5) is 36.2. The Kier molecular flexibility index (Phi) is 6.93. The van der Waals surface area contributed by atoms with Crippen molar-refractivity contribution in [3.8, 4) is 11.5 Å². The van der Waals surface area contributed by atoms with Gasteiger partial charge >= 0.3 is 5.97 Å². The van der Waals surface area contributed by atoms with Crippen molar-refractivity contribution in [3.63, 3.8) is 0 Å². The summed E-state index contributed by atoms with van der Waals surface area (Å²) in [5, 5.41) is 2.50. The van der Waals surface area contributed by atoms with E-state index in [0.717, 1.165) is 17.3 Å². The summed E-state index contributed by atoms with van der Waals surface area (Å²) < 4.78 is 15.2. The Labute approximate surface area is 149 Å². The number of nitrogens with one attached hydrogen (secondary N) is 1. The van der Waals surface area contributed by atoms with E-state index in [4.69, 9.17) is 14.2 Å². The number of ether oxygens (including phenoxy) is 3. The minimum Gasteiger partial charge on any atom is -0.493 e. The van der Waals surface area contributed by atoms with Crippen LogP contribution in [0.3, 0.4) is 0 Å². The monoisotopic (exact) mass is 368 g/mol. The van der Waals surface area contributed by atoms with Crippen molar-refractivity contribution in [2.75, 3.05) is 39.7 Å². The number of carbonyl (C=O) groups is 3. The second kappa shape index (κ2) is 9.16. The van der Waals surface area contributed by atoms with Crippen LogP contribution in [0, 0.1) is 0 Å². The van der Waals surface area contributed by atoms with Gasteiger partial charge in [0.2, 0.25) is 0 Å². The predicted octanol–water partition coefficient (Wildman–Crippen LogP) is 1.03. The number of benzene rings is 1. The maximum Gasteiger partial charge on any atom is 0.326 e. The first-order valence-corrected chi connectivity index (χ1v) is 8.57. The summed E-state index contributed by atoms with van der Waals surface area (Å²) in [6.45, 7) is 0.262. The van der Waals surface area contributed by atoms with Crippen LogP contribution < -0.4 is 14.8 Å². The molecule has 1 fully saturated rings. The topological polar surface area (TPSA) is 94.2 Å². The fourth-order valence-corrected chi connectivity index (χ4v) is 2.98. The van der Waals surface area contributed by atoms with Crippen LogP contribution in [-0.4, -0.2) is 61.7 Å². The van der Waals surface area contributed by atoms with Gasteiger partial charge in [-0.2, -0.15) is 0 Å². The highest BCUT2D eigenvalue weighted by atomic mass is 32.2. The van der Waals surface area contributed by atoms with E-state index in [1.165, 1.54) is 12.0 Å². The first-order valence-electron chi connectivity index (χ1n) is 7.58. The van der Waals surface area contributed by atoms with Gasteiger partial charge in [-0.1, -0.05) is 17.8 Å². The molecule has 1 aromatic carbocycles. The summed E-state index contributed by atoms with van der Waals surface area (Å²) in [5.74, 6) is 0.801. The molecule has 2 amide bonds. The molecule has 1 heterocycles. The first kappa shape index (κ1) is 18.9. The van der Waals surface area contributed by atoms with Gasteiger partial charge in [-0.05, 0) is 17.7 Å². The van der Waals surface area contributed by atoms with Crippen molar-refractivity contribution in [1.29, 1.82) is 0 Å². The average Bonchev–Trinajstić information content (AvgIpc) is 3.02. The fraction of sp³-hybridized carbons (Fsp3) is 0.438. The largest absolute Gasteiger partial charge is 0.493 e. The third-order valence-electron chi connectivity index (χ3n) is 3.47. The second-order valence-corrected chi connectivity index (χ2v) is 6.21. The third-order valence-corrected chi connectivity index (χ3v) is 4.36. The van der Waals surface area contributed by atoms with E-state index in [9.17, 15) is 14.4 Å². The lowest BCUT2D eigenvalue weighted by molar-refractivity contribution is -0.148. The molecular weight excluding hydrogens is 348 g/mol. The highest BCUT2D eigenvalue weighted by Gasteiger charge is 2.24. The van der Waals surface area contributed by atoms with Crippen molar-refractivity contribution in [1.82, 2.24) is 10.2 Å². The molecule has 0 aromatic heterocycles. The smallest absolute Gasteiger partial charge is 0.326 e. The molecular formula is C16H20N2O6S. The number of hydrogen-bond donors (Lipinski definition) is 1. The van der Waals surface area contributed by atoms with Crippen LogP contribution in [-0.2, 0) is 20.9 Å². The molecule has 1 N–H and O–H groups in total. The van der Waals surface area contributed by atoms with Gasteiger partial charge < -0.3 is 24.4 Å². The van der Waals surface area contributed by atoms with Gasteiger partial charge in [-0.3, -0.25) is 14.4 Å². The van der Waals surface area contributed by atoms with Crippen molar-refractivity contribution in [2.45, 2.75) is 6.54 Å². The molecule has 0 bridgehead atoms. The number of carbonyl (C=O) groups excluding carboxylic acids is 3. The number of amides is 2. The lowest BCUT2D eigenvalue weighted by Crippen LogP contribution is -2.34. The number of hydrogen-bond acceptors (Lipinski definition) is 7. The zero-order chi connectivity index (χ0) is 18.2. The minimum absolute atomic E-state index is 0.130. The van der Waals surface area contributed by atoms with Crippen molar-refractivity contribution < 1.29 is 28.6 Å². The molecule has 9 heteroatoms. The third kappa shape index (κ3) is 5.56. The van der Waals surface area contributed by atoms with Crippen LogP contribution >= 0.6 is 11.8 Å². The van der Waals surface area contributed by atoms with Crippen LogP contribution in [0.2, 0.25) is 0 Å². The van der Waals surface area contributed by atoms with E-state index in [0.29, 0.717) is 23.8 Å². The number of thioether (sulfide) groups is 1. The number of methoxy groups -OCH3 is 2. The standard InChI is InChI=1S/C16H20N2O6S/c1-22-12-4-3-11(7-13(12)23-2)8-17-14(19)10-24-15(20)9-18-5-6-25-16(18)21/h3-4,7H,5-6,8-10H2,1-2H3,(H,17,19). The number of nitrogens with zero attached hydrogens (tertiary/aromatic N) is 1. The maximum atomic E-state index is 11.8. The molecule has 1 aliphatic heterocycles. The molecule has 1 saturated heterocycles. The van der Waals surface area contributed by atoms with Gasteiger partial charge in [-0.15, -0.1) is 0 Å². The Hall–Kier alpha value is -2.42. The minimum atomic E-state index is -0.600. The van der Waals surface area contributed by atoms with E-state index in [2.05, 4.69) is 5.32 Å². The molecule has 8 nitrogen and oxygen atoms in total. The summed E-state index contributed by atoms with van der Waals surface area (Å²) in [6.07, 6.45) is 0. The number of rotatable bonds is 8. The predicted molar refractivity (Wildman–Crippen MR) is 91.8 cm³/mol. The lowest BCUT2D eigenvalue weighted by atomic mass is 10.2. The van der Waals surface area contributed by atoms with Crippen molar-refractivity contribution >= 4 is 28.9 Å². The van der Waals surface area contributed by atoms with E-state index in [-0.39, 0.29) is 24.9 Å². The maximum absolute atomic E-state index is 11.8. The van der Waals surface area contributed by atoms with Gasteiger partial charge in [0, 0.05) is 18.8 Å². The van der Waals surface area contributed by atoms with Crippen LogP contribution in [0.25, 0.3) is 0 Å². The van der Waals surface area contributed by atoms with Crippen molar-refractivity contribution in [3.05, 3.63) is 23.8 Å². The van der Waals surface area contributed by atoms with Gasteiger partial charge in [0.1, 0.15) is 6.54 Å². The lowest BCUT2D eigenvalue weighted by Gasteiger charge is -2.13. The molecule has 2 rings (SSSR count). The summed E-state index contributed by atoms with van der Waals surface area (Å²) in [5.41, 5.74) is 0.817. The normalized spacial score (nSPS) is 13.5. The van der Waals surface area contributed by atoms with E-state index < -0.39 is 11.9 Å². The molecule has 0 spiro atoms. The quantitative estimate of drug-likeness (QED) is 0.685. The molecule has 25 heavy (non-hydrogen) atoms. The van der Waals surface area contributed by atoms with E-state index in [1.807, 2.05) is 0 Å². The van der Waals surface area contributed by atoms with Crippen LogP contribution in [0.5, 0.6) is 11.5 Å². The molecule has 1 aromatic rings. The molecule has 0 atom stereocenters. The average molecular weight is 368 g/mol. The summed E-state index contributed by atoms with van der Waals surface area (Å²) >= 11 is 1.16. The van der Waals surface area contributed by atoms with Crippen LogP contribution in [0.1, 0.15) is 5.56 Å². The zero-order valence-electron chi connectivity index (χ0n) is 14.1. The molecule has 136 valence electrons. The molecule has 0 aliphatic carbocycles. The first-order chi connectivity index (χ1) is 12.0. The van der Waals surface area contributed by atoms with E-state index in [1.54, 1.807) is 25.3 Å². The van der Waals surface area contributed by atoms with Crippen molar-refractivity contribution in [2.24, 2.45) is 0 Å².